The molecule has 0 aromatic carbocycles. The van der Waals surface area contributed by atoms with E-state index in [9.17, 15) is 15.0 Å². The van der Waals surface area contributed by atoms with Crippen molar-refractivity contribution in [2.24, 2.45) is 13.0 Å². The predicted molar refractivity (Wildman–Crippen MR) is 154 cm³/mol. The fourth-order valence-corrected chi connectivity index (χ4v) is 6.33. The van der Waals surface area contributed by atoms with Crippen molar-refractivity contribution in [3.05, 3.63) is 46.9 Å². The van der Waals surface area contributed by atoms with Crippen molar-refractivity contribution in [1.82, 2.24) is 30.7 Å². The van der Waals surface area contributed by atoms with Crippen LogP contribution in [0.15, 0.2) is 41.2 Å². The molecule has 2 fully saturated rings. The molecule has 1 saturated heterocycles. The number of allylic oxidation sites excluding steroid dienone is 1. The van der Waals surface area contributed by atoms with Gasteiger partial charge in [-0.1, -0.05) is 32.6 Å². The Balaban J connectivity index is 1.43. The molecule has 9 heteroatoms. The molecule has 0 spiro atoms. The van der Waals surface area contributed by atoms with Crippen LogP contribution in [-0.2, 0) is 18.4 Å². The molecular weight excluding hydrogens is 492 g/mol. The van der Waals surface area contributed by atoms with Gasteiger partial charge >= 0.3 is 0 Å². The molecule has 39 heavy (non-hydrogen) atoms. The van der Waals surface area contributed by atoms with Gasteiger partial charge in [0.25, 0.3) is 0 Å². The first-order chi connectivity index (χ1) is 18.8. The minimum Gasteiger partial charge on any atom is -0.387 e. The fraction of sp³-hybridized carbons (Fsp3) is 0.700. The predicted octanol–water partition coefficient (Wildman–Crippen LogP) is 2.08. The van der Waals surface area contributed by atoms with Crippen LogP contribution in [0.5, 0.6) is 0 Å². The highest BCUT2D eigenvalue weighted by atomic mass is 16.3. The Morgan fingerprint density at radius 1 is 1.15 bits per heavy atom. The topological polar surface area (TPSA) is 114 Å². The van der Waals surface area contributed by atoms with Gasteiger partial charge in [0.15, 0.2) is 0 Å². The molecular formula is C30H50N6O3. The Kier molecular flexibility index (Phi) is 10.7. The highest BCUT2D eigenvalue weighted by Gasteiger charge is 2.42. The van der Waals surface area contributed by atoms with E-state index < -0.39 is 24.5 Å². The second-order valence-corrected chi connectivity index (χ2v) is 11.7. The van der Waals surface area contributed by atoms with Crippen molar-refractivity contribution in [1.29, 1.82) is 0 Å². The number of aryl methyl sites for hydroxylation is 1. The molecule has 1 aromatic rings. The zero-order valence-electron chi connectivity index (χ0n) is 24.2. The van der Waals surface area contributed by atoms with Crippen LogP contribution >= 0.6 is 0 Å². The normalized spacial score (nSPS) is 27.4. The molecule has 4 rings (SSSR count). The van der Waals surface area contributed by atoms with Crippen LogP contribution in [0.25, 0.3) is 0 Å². The van der Waals surface area contributed by atoms with Gasteiger partial charge in [-0.15, -0.1) is 0 Å². The SMILES string of the molecule is CCCC1=C(CCNCc2cccn2C)C=C(C2NC(O)C(O)C(C(=O)N[C@H](C)C3CCCCC3)N2)N(C)C1. The fourth-order valence-electron chi connectivity index (χ4n) is 6.33. The first kappa shape index (κ1) is 29.8. The van der Waals surface area contributed by atoms with Crippen LogP contribution in [0.1, 0.15) is 70.9 Å². The summed E-state index contributed by atoms with van der Waals surface area (Å²) in [4.78, 5) is 15.5. The number of nitrogens with one attached hydrogen (secondary N) is 4. The van der Waals surface area contributed by atoms with E-state index in [1.54, 1.807) is 0 Å². The molecule has 1 saturated carbocycles. The van der Waals surface area contributed by atoms with Gasteiger partial charge in [-0.05, 0) is 74.4 Å². The highest BCUT2D eigenvalue weighted by molar-refractivity contribution is 5.83. The summed E-state index contributed by atoms with van der Waals surface area (Å²) in [6.45, 7) is 6.75. The van der Waals surface area contributed by atoms with E-state index >= 15 is 0 Å². The summed E-state index contributed by atoms with van der Waals surface area (Å²) < 4.78 is 2.13. The van der Waals surface area contributed by atoms with Gasteiger partial charge < -0.3 is 30.3 Å². The molecule has 1 amide bonds. The van der Waals surface area contributed by atoms with Crippen LogP contribution in [0.4, 0.5) is 0 Å². The number of hydrogen-bond acceptors (Lipinski definition) is 7. The molecule has 3 heterocycles. The Morgan fingerprint density at radius 2 is 1.92 bits per heavy atom. The molecule has 2 aliphatic heterocycles. The van der Waals surface area contributed by atoms with Crippen molar-refractivity contribution < 1.29 is 15.0 Å². The van der Waals surface area contributed by atoms with Crippen molar-refractivity contribution in [2.75, 3.05) is 20.1 Å². The van der Waals surface area contributed by atoms with Crippen LogP contribution in [0.2, 0.25) is 0 Å². The van der Waals surface area contributed by atoms with Gasteiger partial charge in [0.1, 0.15) is 24.5 Å². The first-order valence-electron chi connectivity index (χ1n) is 14.9. The molecule has 9 nitrogen and oxygen atoms in total. The lowest BCUT2D eigenvalue weighted by Crippen LogP contribution is -2.71. The van der Waals surface area contributed by atoms with E-state index in [0.29, 0.717) is 5.92 Å². The number of amides is 1. The maximum atomic E-state index is 13.3. The van der Waals surface area contributed by atoms with Gasteiger partial charge in [0.2, 0.25) is 5.91 Å². The van der Waals surface area contributed by atoms with E-state index in [2.05, 4.69) is 76.0 Å². The Morgan fingerprint density at radius 3 is 2.62 bits per heavy atom. The van der Waals surface area contributed by atoms with E-state index in [1.807, 2.05) is 7.05 Å². The minimum atomic E-state index is -1.23. The number of carbonyl (C=O) groups excluding carboxylic acids is 1. The second-order valence-electron chi connectivity index (χ2n) is 11.7. The number of nitrogens with zero attached hydrogens (tertiary/aromatic N) is 2. The van der Waals surface area contributed by atoms with Crippen molar-refractivity contribution >= 4 is 5.91 Å². The van der Waals surface area contributed by atoms with Crippen LogP contribution < -0.4 is 21.3 Å². The molecule has 5 atom stereocenters. The summed E-state index contributed by atoms with van der Waals surface area (Å²) in [6.07, 6.45) is 10.3. The maximum absolute atomic E-state index is 13.3. The van der Waals surface area contributed by atoms with E-state index in [1.165, 1.54) is 36.1 Å². The Bertz CT molecular complexity index is 1010. The van der Waals surface area contributed by atoms with Crippen molar-refractivity contribution in [3.8, 4) is 0 Å². The van der Waals surface area contributed by atoms with Gasteiger partial charge in [-0.2, -0.15) is 0 Å². The second kappa shape index (κ2) is 13.9. The Labute approximate surface area is 234 Å². The average molecular weight is 543 g/mol. The van der Waals surface area contributed by atoms with Gasteiger partial charge in [0.05, 0.1) is 0 Å². The lowest BCUT2D eigenvalue weighted by atomic mass is 9.84. The summed E-state index contributed by atoms with van der Waals surface area (Å²) in [7, 11) is 4.11. The van der Waals surface area contributed by atoms with E-state index in [4.69, 9.17) is 0 Å². The summed E-state index contributed by atoms with van der Waals surface area (Å²) in [5.41, 5.74) is 4.95. The zero-order chi connectivity index (χ0) is 27.9. The number of rotatable bonds is 11. The quantitative estimate of drug-likeness (QED) is 0.237. The highest BCUT2D eigenvalue weighted by Crippen LogP contribution is 2.28. The average Bonchev–Trinajstić information content (AvgIpc) is 3.34. The smallest absolute Gasteiger partial charge is 0.240 e. The number of aliphatic hydroxyl groups is 2. The van der Waals surface area contributed by atoms with Crippen LogP contribution in [0.3, 0.4) is 0 Å². The van der Waals surface area contributed by atoms with Gasteiger partial charge in [-0.25, -0.2) is 0 Å². The van der Waals surface area contributed by atoms with Crippen molar-refractivity contribution in [3.63, 3.8) is 0 Å². The largest absolute Gasteiger partial charge is 0.387 e. The van der Waals surface area contributed by atoms with E-state index in [0.717, 1.165) is 57.4 Å². The zero-order valence-corrected chi connectivity index (χ0v) is 24.2. The van der Waals surface area contributed by atoms with Gasteiger partial charge in [0, 0.05) is 50.8 Å². The number of likely N-dealkylation sites (N-methyl/N-ethyl adjacent to an activating group) is 1. The molecule has 0 radical (unpaired) electrons. The summed E-state index contributed by atoms with van der Waals surface area (Å²) in [5, 5.41) is 34.5. The van der Waals surface area contributed by atoms with Gasteiger partial charge in [-0.3, -0.25) is 15.4 Å². The Hall–Kier alpha value is -2.17. The number of aliphatic hydroxyl groups excluding tert-OH is 2. The third-order valence-electron chi connectivity index (χ3n) is 8.78. The third-order valence-corrected chi connectivity index (χ3v) is 8.78. The summed E-state index contributed by atoms with van der Waals surface area (Å²) in [6, 6.07) is 3.33. The summed E-state index contributed by atoms with van der Waals surface area (Å²) in [5.74, 6) is 0.215. The first-order valence-corrected chi connectivity index (χ1v) is 14.9. The monoisotopic (exact) mass is 542 g/mol. The minimum absolute atomic E-state index is 0.0445. The molecule has 4 unspecified atom stereocenters. The lowest BCUT2D eigenvalue weighted by Gasteiger charge is -2.43. The lowest BCUT2D eigenvalue weighted by molar-refractivity contribution is -0.134. The number of carbonyl (C=O) groups is 1. The number of aromatic nitrogens is 1. The molecule has 3 aliphatic rings. The van der Waals surface area contributed by atoms with Crippen molar-refractivity contribution in [2.45, 2.75) is 102 Å². The number of hydrogen-bond donors (Lipinski definition) is 6. The molecule has 0 bridgehead atoms. The third kappa shape index (κ3) is 7.52. The molecule has 6 N–H and O–H groups in total. The molecule has 218 valence electrons. The molecule has 1 aliphatic carbocycles. The standard InChI is InChI=1S/C30H50N6O3/c1-5-10-23-19-36(4)25(17-22(23)14-15-31-18-24-13-9-16-35(24)3)28-33-26(27(37)30(39)34-28)29(38)32-20(2)21-11-7-6-8-12-21/h9,13,16-17,20-21,26-28,30-31,33-34,37,39H,5-8,10-12,14-15,18-19H2,1-4H3,(H,32,38)/t20-,26?,27?,28?,30?/m1/s1. The maximum Gasteiger partial charge on any atom is 0.240 e. The summed E-state index contributed by atoms with van der Waals surface area (Å²) >= 11 is 0. The van der Waals surface area contributed by atoms with Crippen LogP contribution in [-0.4, -0.2) is 76.3 Å². The van der Waals surface area contributed by atoms with E-state index in [-0.39, 0.29) is 11.9 Å². The molecule has 1 aromatic heterocycles. The van der Waals surface area contributed by atoms with Crippen LogP contribution in [0, 0.1) is 5.92 Å².